The van der Waals surface area contributed by atoms with Gasteiger partial charge >= 0.3 is 0 Å². The van der Waals surface area contributed by atoms with Crippen LogP contribution in [0.4, 0.5) is 14.6 Å². The first kappa shape index (κ1) is 28.8. The predicted octanol–water partition coefficient (Wildman–Crippen LogP) is 6.79. The molecule has 2 amide bonds. The highest BCUT2D eigenvalue weighted by atomic mass is 19.1. The topological polar surface area (TPSA) is 101 Å². The van der Waals surface area contributed by atoms with Crippen molar-refractivity contribution < 1.29 is 22.8 Å². The average molecular weight is 593 g/mol. The summed E-state index contributed by atoms with van der Waals surface area (Å²) in [5, 5.41) is 3.63. The highest BCUT2D eigenvalue weighted by Crippen LogP contribution is 2.36. The Hall–Kier alpha value is -5.31. The van der Waals surface area contributed by atoms with E-state index in [0.29, 0.717) is 35.7 Å². The molecule has 0 bridgehead atoms. The van der Waals surface area contributed by atoms with Crippen molar-refractivity contribution >= 4 is 34.7 Å². The van der Waals surface area contributed by atoms with Crippen molar-refractivity contribution in [3.8, 4) is 22.3 Å². The van der Waals surface area contributed by atoms with Crippen LogP contribution in [-0.4, -0.2) is 40.5 Å². The van der Waals surface area contributed by atoms with E-state index in [0.717, 1.165) is 33.2 Å². The van der Waals surface area contributed by atoms with Crippen LogP contribution in [0.3, 0.4) is 0 Å². The van der Waals surface area contributed by atoms with Crippen molar-refractivity contribution in [2.75, 3.05) is 18.8 Å². The van der Waals surface area contributed by atoms with Crippen LogP contribution in [0.2, 0.25) is 0 Å². The van der Waals surface area contributed by atoms with Crippen molar-refractivity contribution in [1.82, 2.24) is 15.2 Å². The zero-order valence-electron chi connectivity index (χ0n) is 24.0. The molecule has 44 heavy (non-hydrogen) atoms. The first-order valence-corrected chi connectivity index (χ1v) is 14.2. The van der Waals surface area contributed by atoms with Gasteiger partial charge in [0.2, 0.25) is 5.91 Å². The van der Waals surface area contributed by atoms with E-state index in [1.54, 1.807) is 53.6 Å². The number of hydrogen-bond acceptors (Lipinski definition) is 5. The smallest absolute Gasteiger partial charge is 0.253 e. The molecular formula is C35H30F2N4O3. The number of benzene rings is 3. The van der Waals surface area contributed by atoms with Gasteiger partial charge in [0.25, 0.3) is 5.91 Å². The van der Waals surface area contributed by atoms with E-state index in [2.05, 4.69) is 10.3 Å². The van der Waals surface area contributed by atoms with Gasteiger partial charge in [-0.1, -0.05) is 24.3 Å². The molecule has 1 aliphatic heterocycles. The SMILES string of the molecule is C[C@]1(F)CCN(C(=O)c2ccc(-c3cc(-c4ccc(F)cc4)c4oc(CNC(=O)C=Cc5ccc(N)nc5)cc4c3)cc2)C1. The molecule has 1 saturated heterocycles. The highest BCUT2D eigenvalue weighted by Gasteiger charge is 2.36. The van der Waals surface area contributed by atoms with Gasteiger partial charge in [-0.05, 0) is 89.9 Å². The van der Waals surface area contributed by atoms with E-state index in [4.69, 9.17) is 10.2 Å². The van der Waals surface area contributed by atoms with Gasteiger partial charge in [-0.15, -0.1) is 0 Å². The summed E-state index contributed by atoms with van der Waals surface area (Å²) in [5.74, 6) is 0.0977. The van der Waals surface area contributed by atoms with E-state index in [1.807, 2.05) is 30.3 Å². The van der Waals surface area contributed by atoms with Crippen LogP contribution in [-0.2, 0) is 11.3 Å². The molecule has 6 rings (SSSR count). The van der Waals surface area contributed by atoms with E-state index in [-0.39, 0.29) is 30.7 Å². The Morgan fingerprint density at radius 1 is 1.02 bits per heavy atom. The maximum atomic E-state index is 14.3. The fraction of sp³-hybridized carbons (Fsp3) is 0.171. The number of carbonyl (C=O) groups excluding carboxylic acids is 2. The number of fused-ring (bicyclic) bond motifs is 1. The van der Waals surface area contributed by atoms with Crippen LogP contribution in [0.1, 0.15) is 35.0 Å². The van der Waals surface area contributed by atoms with Gasteiger partial charge in [-0.25, -0.2) is 13.8 Å². The summed E-state index contributed by atoms with van der Waals surface area (Å²) in [6.07, 6.45) is 4.96. The van der Waals surface area contributed by atoms with E-state index >= 15 is 0 Å². The van der Waals surface area contributed by atoms with E-state index in [9.17, 15) is 18.4 Å². The minimum absolute atomic E-state index is 0.0882. The second-order valence-corrected chi connectivity index (χ2v) is 11.2. The molecule has 7 nitrogen and oxygen atoms in total. The summed E-state index contributed by atoms with van der Waals surface area (Å²) >= 11 is 0. The molecule has 5 aromatic rings. The number of amides is 2. The van der Waals surface area contributed by atoms with Crippen LogP contribution in [0, 0.1) is 5.82 Å². The molecule has 1 fully saturated rings. The van der Waals surface area contributed by atoms with Crippen LogP contribution < -0.4 is 11.1 Å². The number of rotatable bonds is 7. The summed E-state index contributed by atoms with van der Waals surface area (Å²) in [5.41, 5.74) is 9.32. The number of nitrogens with zero attached hydrogens (tertiary/aromatic N) is 2. The summed E-state index contributed by atoms with van der Waals surface area (Å²) in [4.78, 5) is 30.9. The number of hydrogen-bond donors (Lipinski definition) is 2. The van der Waals surface area contributed by atoms with Gasteiger partial charge in [0, 0.05) is 41.8 Å². The summed E-state index contributed by atoms with van der Waals surface area (Å²) < 4.78 is 34.2. The number of carbonyl (C=O) groups is 2. The Bertz CT molecular complexity index is 1860. The zero-order valence-corrected chi connectivity index (χ0v) is 24.0. The van der Waals surface area contributed by atoms with E-state index < -0.39 is 5.67 Å². The number of nitrogens with one attached hydrogen (secondary N) is 1. The molecule has 0 spiro atoms. The molecule has 9 heteroatoms. The first-order chi connectivity index (χ1) is 21.1. The molecule has 0 radical (unpaired) electrons. The monoisotopic (exact) mass is 592 g/mol. The predicted molar refractivity (Wildman–Crippen MR) is 167 cm³/mol. The fourth-order valence-corrected chi connectivity index (χ4v) is 5.31. The number of halogens is 2. The Labute approximate surface area is 253 Å². The van der Waals surface area contributed by atoms with Crippen LogP contribution in [0.25, 0.3) is 39.3 Å². The van der Waals surface area contributed by atoms with Crippen molar-refractivity contribution in [3.63, 3.8) is 0 Å². The lowest BCUT2D eigenvalue weighted by Gasteiger charge is -2.17. The maximum Gasteiger partial charge on any atom is 0.253 e. The second-order valence-electron chi connectivity index (χ2n) is 11.2. The third kappa shape index (κ3) is 6.36. The Balaban J connectivity index is 1.26. The molecule has 0 unspecified atom stereocenters. The van der Waals surface area contributed by atoms with Crippen LogP contribution in [0.5, 0.6) is 0 Å². The van der Waals surface area contributed by atoms with Crippen molar-refractivity contribution in [1.29, 1.82) is 0 Å². The van der Waals surface area contributed by atoms with Gasteiger partial charge in [-0.2, -0.15) is 0 Å². The molecule has 3 heterocycles. The third-order valence-corrected chi connectivity index (χ3v) is 7.67. The van der Waals surface area contributed by atoms with Crippen molar-refractivity contribution in [2.24, 2.45) is 0 Å². The Morgan fingerprint density at radius 3 is 2.45 bits per heavy atom. The van der Waals surface area contributed by atoms with Crippen LogP contribution >= 0.6 is 0 Å². The van der Waals surface area contributed by atoms with Crippen molar-refractivity contribution in [2.45, 2.75) is 25.6 Å². The number of furan rings is 1. The largest absolute Gasteiger partial charge is 0.459 e. The molecule has 1 atom stereocenters. The van der Waals surface area contributed by atoms with Gasteiger partial charge < -0.3 is 20.4 Å². The van der Waals surface area contributed by atoms with Gasteiger partial charge in [0.1, 0.15) is 28.6 Å². The number of anilines is 1. The minimum atomic E-state index is -1.36. The summed E-state index contributed by atoms with van der Waals surface area (Å²) in [6.45, 7) is 2.16. The molecule has 0 saturated carbocycles. The number of alkyl halides is 1. The quantitative estimate of drug-likeness (QED) is 0.203. The fourth-order valence-electron chi connectivity index (χ4n) is 5.31. The molecule has 0 aliphatic carbocycles. The number of likely N-dealkylation sites (tertiary alicyclic amines) is 1. The average Bonchev–Trinajstić information content (AvgIpc) is 3.61. The summed E-state index contributed by atoms with van der Waals surface area (Å²) in [7, 11) is 0. The second kappa shape index (κ2) is 11.8. The van der Waals surface area contributed by atoms with E-state index in [1.165, 1.54) is 25.1 Å². The summed E-state index contributed by atoms with van der Waals surface area (Å²) in [6, 6.07) is 22.6. The standard InChI is InChI=1S/C35H30F2N4O3/c1-35(37)14-15-41(21-35)34(43)25-6-4-23(5-7-25)26-16-27-17-29(20-40-32(42)13-3-22-2-12-31(38)39-19-22)44-33(27)30(18-26)24-8-10-28(36)11-9-24/h2-13,16-19H,14-15,20-21H2,1H3,(H2,38,39)(H,40,42)/t35-/m0/s1. The minimum Gasteiger partial charge on any atom is -0.459 e. The number of nitrogen functional groups attached to an aromatic ring is 1. The number of pyridine rings is 1. The molecule has 1 aliphatic rings. The third-order valence-electron chi connectivity index (χ3n) is 7.67. The van der Waals surface area contributed by atoms with Gasteiger partial charge in [0.15, 0.2) is 0 Å². The van der Waals surface area contributed by atoms with Gasteiger partial charge in [0.05, 0.1) is 13.1 Å². The first-order valence-electron chi connectivity index (χ1n) is 14.2. The maximum absolute atomic E-state index is 14.3. The molecule has 2 aromatic heterocycles. The van der Waals surface area contributed by atoms with Crippen molar-refractivity contribution in [3.05, 3.63) is 114 Å². The Morgan fingerprint density at radius 2 is 1.77 bits per heavy atom. The van der Waals surface area contributed by atoms with Gasteiger partial charge in [-0.3, -0.25) is 9.59 Å². The number of nitrogens with two attached hydrogens (primary N) is 1. The van der Waals surface area contributed by atoms with Crippen LogP contribution in [0.15, 0.2) is 95.6 Å². The highest BCUT2D eigenvalue weighted by molar-refractivity contribution is 5.98. The lowest BCUT2D eigenvalue weighted by molar-refractivity contribution is -0.116. The lowest BCUT2D eigenvalue weighted by Crippen LogP contribution is -2.31. The lowest BCUT2D eigenvalue weighted by atomic mass is 9.96. The molecule has 3 N–H and O–H groups in total. The normalized spacial score (nSPS) is 16.6. The molecule has 3 aromatic carbocycles. The molecule has 222 valence electrons. The number of aromatic nitrogens is 1. The molecular weight excluding hydrogens is 562 g/mol. The zero-order chi connectivity index (χ0) is 30.8. The Kier molecular flexibility index (Phi) is 7.69.